The Labute approximate surface area is 145 Å². The zero-order valence-electron chi connectivity index (χ0n) is 13.5. The van der Waals surface area contributed by atoms with Gasteiger partial charge in [-0.1, -0.05) is 0 Å². The van der Waals surface area contributed by atoms with Crippen LogP contribution in [0.5, 0.6) is 0 Å². The van der Waals surface area contributed by atoms with Crippen molar-refractivity contribution >= 4 is 23.6 Å². The molecule has 1 aliphatic heterocycles. The molecule has 124 valence electrons. The summed E-state index contributed by atoms with van der Waals surface area (Å²) in [6, 6.07) is 11.1. The van der Waals surface area contributed by atoms with E-state index in [2.05, 4.69) is 4.98 Å². The smallest absolute Gasteiger partial charge is 0.254 e. The van der Waals surface area contributed by atoms with E-state index in [0.717, 1.165) is 4.90 Å². The zero-order chi connectivity index (χ0) is 16.9. The SMILES string of the molecule is CSc1ccc(C(=O)N2CCN(C(=O)c3ccncc3)CC2)cc1. The molecule has 6 heteroatoms. The summed E-state index contributed by atoms with van der Waals surface area (Å²) >= 11 is 1.65. The summed E-state index contributed by atoms with van der Waals surface area (Å²) in [5, 5.41) is 0. The van der Waals surface area contributed by atoms with E-state index < -0.39 is 0 Å². The maximum atomic E-state index is 12.6. The number of rotatable bonds is 3. The Balaban J connectivity index is 1.60. The molecule has 1 aromatic heterocycles. The van der Waals surface area contributed by atoms with Gasteiger partial charge in [-0.05, 0) is 42.7 Å². The minimum Gasteiger partial charge on any atom is -0.335 e. The van der Waals surface area contributed by atoms with E-state index in [-0.39, 0.29) is 11.8 Å². The van der Waals surface area contributed by atoms with Crippen LogP contribution in [-0.2, 0) is 0 Å². The lowest BCUT2D eigenvalue weighted by atomic mass is 10.1. The van der Waals surface area contributed by atoms with Gasteiger partial charge in [-0.25, -0.2) is 0 Å². The number of benzene rings is 1. The summed E-state index contributed by atoms with van der Waals surface area (Å²) < 4.78 is 0. The first-order valence-corrected chi connectivity index (χ1v) is 9.04. The monoisotopic (exact) mass is 341 g/mol. The van der Waals surface area contributed by atoms with Crippen LogP contribution in [0.25, 0.3) is 0 Å². The van der Waals surface area contributed by atoms with Crippen molar-refractivity contribution in [3.05, 3.63) is 59.9 Å². The van der Waals surface area contributed by atoms with Gasteiger partial charge >= 0.3 is 0 Å². The van der Waals surface area contributed by atoms with Gasteiger partial charge in [0.25, 0.3) is 11.8 Å². The Bertz CT molecular complexity index is 711. The molecule has 0 atom stereocenters. The average molecular weight is 341 g/mol. The number of aromatic nitrogens is 1. The highest BCUT2D eigenvalue weighted by Crippen LogP contribution is 2.17. The largest absolute Gasteiger partial charge is 0.335 e. The number of nitrogens with zero attached hydrogens (tertiary/aromatic N) is 3. The standard InChI is InChI=1S/C18H19N3O2S/c1-24-16-4-2-14(3-5-16)17(22)20-10-12-21(13-11-20)18(23)15-6-8-19-9-7-15/h2-9H,10-13H2,1H3. The van der Waals surface area contributed by atoms with Crippen molar-refractivity contribution in [3.8, 4) is 0 Å². The Kier molecular flexibility index (Phi) is 5.15. The Morgan fingerprint density at radius 1 is 0.833 bits per heavy atom. The molecule has 2 aromatic rings. The second-order valence-corrected chi connectivity index (χ2v) is 6.43. The molecule has 2 heterocycles. The van der Waals surface area contributed by atoms with E-state index in [1.54, 1.807) is 41.2 Å². The number of pyridine rings is 1. The molecule has 5 nitrogen and oxygen atoms in total. The molecule has 0 unspecified atom stereocenters. The molecule has 0 N–H and O–H groups in total. The molecule has 0 saturated carbocycles. The van der Waals surface area contributed by atoms with Crippen LogP contribution < -0.4 is 0 Å². The van der Waals surface area contributed by atoms with Crippen molar-refractivity contribution in [2.24, 2.45) is 0 Å². The summed E-state index contributed by atoms with van der Waals surface area (Å²) in [5.41, 5.74) is 1.33. The fraction of sp³-hybridized carbons (Fsp3) is 0.278. The van der Waals surface area contributed by atoms with Crippen LogP contribution in [0.2, 0.25) is 0 Å². The number of hydrogen-bond donors (Lipinski definition) is 0. The molecule has 2 amide bonds. The average Bonchev–Trinajstić information content (AvgIpc) is 2.68. The summed E-state index contributed by atoms with van der Waals surface area (Å²) in [6.07, 6.45) is 5.24. The molecular weight excluding hydrogens is 322 g/mol. The highest BCUT2D eigenvalue weighted by Gasteiger charge is 2.25. The lowest BCUT2D eigenvalue weighted by Crippen LogP contribution is -2.50. The third-order valence-electron chi connectivity index (χ3n) is 4.12. The lowest BCUT2D eigenvalue weighted by molar-refractivity contribution is 0.0535. The zero-order valence-corrected chi connectivity index (χ0v) is 14.3. The summed E-state index contributed by atoms with van der Waals surface area (Å²) in [4.78, 5) is 33.6. The van der Waals surface area contributed by atoms with Crippen molar-refractivity contribution in [1.29, 1.82) is 0 Å². The first-order valence-electron chi connectivity index (χ1n) is 7.81. The van der Waals surface area contributed by atoms with Gasteiger partial charge in [0, 0.05) is 54.6 Å². The molecule has 0 spiro atoms. The molecule has 0 radical (unpaired) electrons. The van der Waals surface area contributed by atoms with Gasteiger partial charge < -0.3 is 9.80 Å². The van der Waals surface area contributed by atoms with E-state index in [1.807, 2.05) is 35.4 Å². The van der Waals surface area contributed by atoms with E-state index in [9.17, 15) is 9.59 Å². The molecule has 0 aliphatic carbocycles. The van der Waals surface area contributed by atoms with Gasteiger partial charge in [0.2, 0.25) is 0 Å². The first-order chi connectivity index (χ1) is 11.7. The number of carbonyl (C=O) groups is 2. The summed E-state index contributed by atoms with van der Waals surface area (Å²) in [7, 11) is 0. The van der Waals surface area contributed by atoms with Crippen molar-refractivity contribution in [2.45, 2.75) is 4.90 Å². The molecule has 24 heavy (non-hydrogen) atoms. The van der Waals surface area contributed by atoms with Crippen LogP contribution in [0.15, 0.2) is 53.7 Å². The molecular formula is C18H19N3O2S. The normalized spacial score (nSPS) is 14.5. The molecule has 1 fully saturated rings. The van der Waals surface area contributed by atoms with E-state index in [4.69, 9.17) is 0 Å². The number of carbonyl (C=O) groups excluding carboxylic acids is 2. The molecule has 3 rings (SSSR count). The van der Waals surface area contributed by atoms with Crippen molar-refractivity contribution in [2.75, 3.05) is 32.4 Å². The van der Waals surface area contributed by atoms with Gasteiger partial charge in [0.1, 0.15) is 0 Å². The van der Waals surface area contributed by atoms with Crippen LogP contribution in [-0.4, -0.2) is 59.0 Å². The van der Waals surface area contributed by atoms with Crippen LogP contribution in [0, 0.1) is 0 Å². The van der Waals surface area contributed by atoms with Crippen LogP contribution in [0.1, 0.15) is 20.7 Å². The molecule has 1 aliphatic rings. The second-order valence-electron chi connectivity index (χ2n) is 5.55. The quantitative estimate of drug-likeness (QED) is 0.805. The predicted molar refractivity (Wildman–Crippen MR) is 94.3 cm³/mol. The van der Waals surface area contributed by atoms with Crippen molar-refractivity contribution in [3.63, 3.8) is 0 Å². The maximum Gasteiger partial charge on any atom is 0.254 e. The van der Waals surface area contributed by atoms with Gasteiger partial charge in [-0.3, -0.25) is 14.6 Å². The topological polar surface area (TPSA) is 53.5 Å². The number of hydrogen-bond acceptors (Lipinski definition) is 4. The number of piperazine rings is 1. The first kappa shape index (κ1) is 16.5. The highest BCUT2D eigenvalue weighted by molar-refractivity contribution is 7.98. The van der Waals surface area contributed by atoms with Crippen LogP contribution in [0.3, 0.4) is 0 Å². The predicted octanol–water partition coefficient (Wildman–Crippen LogP) is 2.40. The second kappa shape index (κ2) is 7.49. The number of amides is 2. The van der Waals surface area contributed by atoms with Crippen molar-refractivity contribution < 1.29 is 9.59 Å². The molecule has 1 saturated heterocycles. The highest BCUT2D eigenvalue weighted by atomic mass is 32.2. The lowest BCUT2D eigenvalue weighted by Gasteiger charge is -2.34. The Morgan fingerprint density at radius 2 is 1.29 bits per heavy atom. The van der Waals surface area contributed by atoms with Gasteiger partial charge in [-0.15, -0.1) is 11.8 Å². The van der Waals surface area contributed by atoms with Crippen LogP contribution in [0.4, 0.5) is 0 Å². The van der Waals surface area contributed by atoms with E-state index >= 15 is 0 Å². The van der Waals surface area contributed by atoms with Crippen molar-refractivity contribution in [1.82, 2.24) is 14.8 Å². The summed E-state index contributed by atoms with van der Waals surface area (Å²) in [5.74, 6) is 0.0208. The molecule has 0 bridgehead atoms. The third-order valence-corrected chi connectivity index (χ3v) is 4.86. The van der Waals surface area contributed by atoms with Gasteiger partial charge in [-0.2, -0.15) is 0 Å². The fourth-order valence-corrected chi connectivity index (χ4v) is 3.11. The third kappa shape index (κ3) is 3.59. The number of thioether (sulfide) groups is 1. The minimum absolute atomic E-state index is 0.00572. The van der Waals surface area contributed by atoms with Gasteiger partial charge in [0.05, 0.1) is 0 Å². The maximum absolute atomic E-state index is 12.6. The van der Waals surface area contributed by atoms with Gasteiger partial charge in [0.15, 0.2) is 0 Å². The molecule has 1 aromatic carbocycles. The minimum atomic E-state index is -0.00572. The van der Waals surface area contributed by atoms with E-state index in [0.29, 0.717) is 37.3 Å². The summed E-state index contributed by atoms with van der Waals surface area (Å²) in [6.45, 7) is 2.21. The fourth-order valence-electron chi connectivity index (χ4n) is 2.71. The Morgan fingerprint density at radius 3 is 1.75 bits per heavy atom. The Hall–Kier alpha value is -2.34. The van der Waals surface area contributed by atoms with E-state index in [1.165, 1.54) is 0 Å². The van der Waals surface area contributed by atoms with Crippen LogP contribution >= 0.6 is 11.8 Å².